The highest BCUT2D eigenvalue weighted by Crippen LogP contribution is 2.29. The summed E-state index contributed by atoms with van der Waals surface area (Å²) in [6.07, 6.45) is 0.825. The molecule has 0 fully saturated rings. The minimum atomic E-state index is -3.44. The number of ether oxygens (including phenoxy) is 1. The maximum absolute atomic E-state index is 13.3. The number of nitrogens with one attached hydrogen (secondary N) is 1. The number of carbonyl (C=O) groups is 2. The van der Waals surface area contributed by atoms with Gasteiger partial charge in [-0.1, -0.05) is 37.3 Å². The lowest BCUT2D eigenvalue weighted by Crippen LogP contribution is -2.48. The van der Waals surface area contributed by atoms with Crippen LogP contribution in [0.3, 0.4) is 0 Å². The molecule has 36 heavy (non-hydrogen) atoms. The molecule has 1 aliphatic heterocycles. The molecule has 0 radical (unpaired) electrons. The van der Waals surface area contributed by atoms with E-state index in [1.54, 1.807) is 30.0 Å². The van der Waals surface area contributed by atoms with Gasteiger partial charge in [0.2, 0.25) is 21.8 Å². The Morgan fingerprint density at radius 1 is 1.25 bits per heavy atom. The zero-order valence-corrected chi connectivity index (χ0v) is 22.0. The van der Waals surface area contributed by atoms with Gasteiger partial charge in [0.15, 0.2) is 0 Å². The van der Waals surface area contributed by atoms with Crippen LogP contribution in [0.4, 0.5) is 5.69 Å². The third-order valence-electron chi connectivity index (χ3n) is 6.41. The largest absolute Gasteiger partial charge is 0.488 e. The summed E-state index contributed by atoms with van der Waals surface area (Å²) in [6.45, 7) is 3.87. The van der Waals surface area contributed by atoms with E-state index in [1.807, 2.05) is 37.3 Å². The summed E-state index contributed by atoms with van der Waals surface area (Å²) >= 11 is 0. The van der Waals surface area contributed by atoms with Crippen molar-refractivity contribution in [1.82, 2.24) is 9.21 Å². The SMILES string of the molecule is C[C@H]1CN([C@@H](C)CO)C(=O)Cc2cc(NC(=O)Cc3ccccc3)ccc2O[C@@H]1CN(C)S(C)(=O)=O. The van der Waals surface area contributed by atoms with Gasteiger partial charge in [0.1, 0.15) is 11.9 Å². The van der Waals surface area contributed by atoms with Crippen LogP contribution in [0, 0.1) is 5.92 Å². The Morgan fingerprint density at radius 3 is 2.58 bits per heavy atom. The lowest BCUT2D eigenvalue weighted by molar-refractivity contribution is -0.134. The zero-order valence-electron chi connectivity index (χ0n) is 21.2. The van der Waals surface area contributed by atoms with Crippen molar-refractivity contribution in [2.75, 3.05) is 38.3 Å². The summed E-state index contributed by atoms with van der Waals surface area (Å²) in [5, 5.41) is 12.6. The summed E-state index contributed by atoms with van der Waals surface area (Å²) in [6, 6.07) is 14.1. The number of likely N-dealkylation sites (N-methyl/N-ethyl adjacent to an activating group) is 1. The molecular weight excluding hydrogens is 482 g/mol. The predicted octanol–water partition coefficient (Wildman–Crippen LogP) is 1.91. The monoisotopic (exact) mass is 517 g/mol. The molecule has 1 aliphatic rings. The Hall–Kier alpha value is -2.95. The van der Waals surface area contributed by atoms with Gasteiger partial charge >= 0.3 is 0 Å². The van der Waals surface area contributed by atoms with E-state index in [2.05, 4.69) is 5.32 Å². The van der Waals surface area contributed by atoms with E-state index >= 15 is 0 Å². The van der Waals surface area contributed by atoms with Crippen LogP contribution >= 0.6 is 0 Å². The first-order valence-corrected chi connectivity index (χ1v) is 13.8. The first kappa shape index (κ1) is 27.6. The van der Waals surface area contributed by atoms with Gasteiger partial charge in [-0.15, -0.1) is 0 Å². The average molecular weight is 518 g/mol. The summed E-state index contributed by atoms with van der Waals surface area (Å²) in [4.78, 5) is 27.4. The molecule has 9 nitrogen and oxygen atoms in total. The second-order valence-electron chi connectivity index (χ2n) is 9.46. The third kappa shape index (κ3) is 7.28. The van der Waals surface area contributed by atoms with Crippen LogP contribution in [-0.4, -0.2) is 79.7 Å². The second-order valence-corrected chi connectivity index (χ2v) is 11.6. The fourth-order valence-electron chi connectivity index (χ4n) is 4.10. The second kappa shape index (κ2) is 11.9. The van der Waals surface area contributed by atoms with Gasteiger partial charge in [0, 0.05) is 30.8 Å². The number of fused-ring (bicyclic) bond motifs is 1. The smallest absolute Gasteiger partial charge is 0.228 e. The molecule has 0 aromatic heterocycles. The summed E-state index contributed by atoms with van der Waals surface area (Å²) < 4.78 is 31.6. The quantitative estimate of drug-likeness (QED) is 0.553. The van der Waals surface area contributed by atoms with E-state index in [0.717, 1.165) is 11.8 Å². The van der Waals surface area contributed by atoms with Crippen LogP contribution in [-0.2, 0) is 32.5 Å². The number of hydrogen-bond acceptors (Lipinski definition) is 6. The van der Waals surface area contributed by atoms with Gasteiger partial charge < -0.3 is 20.1 Å². The summed E-state index contributed by atoms with van der Waals surface area (Å²) in [5.74, 6) is -0.128. The van der Waals surface area contributed by atoms with Crippen LogP contribution < -0.4 is 10.1 Å². The van der Waals surface area contributed by atoms with E-state index in [1.165, 1.54) is 11.4 Å². The highest BCUT2D eigenvalue weighted by Gasteiger charge is 2.32. The van der Waals surface area contributed by atoms with E-state index in [-0.39, 0.29) is 43.7 Å². The summed E-state index contributed by atoms with van der Waals surface area (Å²) in [7, 11) is -1.95. The number of sulfonamides is 1. The van der Waals surface area contributed by atoms with Gasteiger partial charge in [-0.05, 0) is 30.7 Å². The molecule has 3 atom stereocenters. The van der Waals surface area contributed by atoms with Crippen molar-refractivity contribution in [3.05, 3.63) is 59.7 Å². The first-order chi connectivity index (χ1) is 17.0. The van der Waals surface area contributed by atoms with Crippen molar-refractivity contribution < 1.29 is 27.9 Å². The summed E-state index contributed by atoms with van der Waals surface area (Å²) in [5.41, 5.74) is 2.00. The van der Waals surface area contributed by atoms with E-state index in [9.17, 15) is 23.1 Å². The number of nitrogens with zero attached hydrogens (tertiary/aromatic N) is 2. The number of hydrogen-bond donors (Lipinski definition) is 2. The van der Waals surface area contributed by atoms with Crippen molar-refractivity contribution in [2.45, 2.75) is 38.8 Å². The normalized spacial score (nSPS) is 19.5. The number of amides is 2. The average Bonchev–Trinajstić information content (AvgIpc) is 2.86. The fourth-order valence-corrected chi connectivity index (χ4v) is 4.52. The number of anilines is 1. The Kier molecular flexibility index (Phi) is 9.10. The molecule has 2 aromatic rings. The number of benzene rings is 2. The van der Waals surface area contributed by atoms with Crippen molar-refractivity contribution in [3.8, 4) is 5.75 Å². The molecule has 2 N–H and O–H groups in total. The maximum atomic E-state index is 13.3. The van der Waals surface area contributed by atoms with Crippen LogP contribution in [0.25, 0.3) is 0 Å². The van der Waals surface area contributed by atoms with Crippen LogP contribution in [0.5, 0.6) is 5.75 Å². The van der Waals surface area contributed by atoms with Gasteiger partial charge in [-0.2, -0.15) is 0 Å². The van der Waals surface area contributed by atoms with Crippen molar-refractivity contribution in [1.29, 1.82) is 0 Å². The molecular formula is C26H35N3O6S. The lowest BCUT2D eigenvalue weighted by atomic mass is 10.0. The van der Waals surface area contributed by atoms with Crippen molar-refractivity contribution >= 4 is 27.5 Å². The molecule has 2 aromatic carbocycles. The predicted molar refractivity (Wildman–Crippen MR) is 138 cm³/mol. The molecule has 0 bridgehead atoms. The number of carbonyl (C=O) groups excluding carboxylic acids is 2. The van der Waals surface area contributed by atoms with E-state index in [4.69, 9.17) is 4.74 Å². The molecule has 0 unspecified atom stereocenters. The molecule has 196 valence electrons. The van der Waals surface area contributed by atoms with Gasteiger partial charge in [0.05, 0.1) is 38.3 Å². The Labute approximate surface area is 213 Å². The number of aliphatic hydroxyl groups excluding tert-OH is 1. The Bertz CT molecular complexity index is 1170. The zero-order chi connectivity index (χ0) is 26.5. The third-order valence-corrected chi connectivity index (χ3v) is 7.69. The van der Waals surface area contributed by atoms with Gasteiger partial charge in [-0.3, -0.25) is 9.59 Å². The fraction of sp³-hybridized carbons (Fsp3) is 0.462. The molecule has 1 heterocycles. The minimum absolute atomic E-state index is 0.0173. The van der Waals surface area contributed by atoms with Crippen LogP contribution in [0.2, 0.25) is 0 Å². The Balaban J connectivity index is 1.90. The molecule has 3 rings (SSSR count). The molecule has 0 saturated carbocycles. The lowest BCUT2D eigenvalue weighted by Gasteiger charge is -2.33. The van der Waals surface area contributed by atoms with Crippen molar-refractivity contribution in [3.63, 3.8) is 0 Å². The minimum Gasteiger partial charge on any atom is -0.488 e. The maximum Gasteiger partial charge on any atom is 0.228 e. The van der Waals surface area contributed by atoms with Crippen LogP contribution in [0.15, 0.2) is 48.5 Å². The molecule has 10 heteroatoms. The highest BCUT2D eigenvalue weighted by molar-refractivity contribution is 7.88. The molecule has 0 spiro atoms. The number of rotatable bonds is 8. The first-order valence-electron chi connectivity index (χ1n) is 11.9. The molecule has 0 saturated heterocycles. The standard InChI is InChI=1S/C26H35N3O6S/c1-18-15-29(19(2)17-30)26(32)14-21-13-22(27-25(31)12-20-8-6-5-7-9-20)10-11-23(21)35-24(18)16-28(3)36(4,33)34/h5-11,13,18-19,24,30H,12,14-17H2,1-4H3,(H,27,31)/t18-,19-,24+/m0/s1. The topological polar surface area (TPSA) is 116 Å². The number of aliphatic hydroxyl groups is 1. The molecule has 2 amide bonds. The van der Waals surface area contributed by atoms with Gasteiger partial charge in [-0.25, -0.2) is 12.7 Å². The highest BCUT2D eigenvalue weighted by atomic mass is 32.2. The van der Waals surface area contributed by atoms with E-state index in [0.29, 0.717) is 23.5 Å². The molecule has 0 aliphatic carbocycles. The van der Waals surface area contributed by atoms with E-state index < -0.39 is 22.2 Å². The van der Waals surface area contributed by atoms with Crippen LogP contribution in [0.1, 0.15) is 25.0 Å². The van der Waals surface area contributed by atoms with Crippen molar-refractivity contribution in [2.24, 2.45) is 5.92 Å². The van der Waals surface area contributed by atoms with Gasteiger partial charge in [0.25, 0.3) is 0 Å². The Morgan fingerprint density at radius 2 is 1.94 bits per heavy atom.